The summed E-state index contributed by atoms with van der Waals surface area (Å²) in [5, 5.41) is 3.48. The molecule has 2 fully saturated rings. The molecule has 1 aliphatic carbocycles. The lowest BCUT2D eigenvalue weighted by molar-refractivity contribution is 0.115. The van der Waals surface area contributed by atoms with E-state index in [1.165, 1.54) is 19.3 Å². The summed E-state index contributed by atoms with van der Waals surface area (Å²) in [5.41, 5.74) is 1.16. The summed E-state index contributed by atoms with van der Waals surface area (Å²) < 4.78 is 5.70. The smallest absolute Gasteiger partial charge is 0.225 e. The summed E-state index contributed by atoms with van der Waals surface area (Å²) in [6.07, 6.45) is 9.17. The van der Waals surface area contributed by atoms with Crippen LogP contribution in [0.1, 0.15) is 38.2 Å². The number of hydrogen-bond donors (Lipinski definition) is 1. The maximum Gasteiger partial charge on any atom is 0.225 e. The van der Waals surface area contributed by atoms with E-state index in [0.29, 0.717) is 6.10 Å². The van der Waals surface area contributed by atoms with Crippen LogP contribution in [-0.4, -0.2) is 41.8 Å². The van der Waals surface area contributed by atoms with Crippen molar-refractivity contribution in [2.75, 3.05) is 24.6 Å². The molecule has 0 aromatic carbocycles. The standard InChI is InChI=1S/C15H24N4O/c1-2-19(11-14-4-3-7-20-14)15-17-9-12(10-18-15)8-16-13-5-6-13/h9-10,13-14,16H,2-8,11H2,1H3. The van der Waals surface area contributed by atoms with Crippen LogP contribution in [-0.2, 0) is 11.3 Å². The Labute approximate surface area is 120 Å². The van der Waals surface area contributed by atoms with Gasteiger partial charge in [-0.15, -0.1) is 0 Å². The first kappa shape index (κ1) is 13.8. The summed E-state index contributed by atoms with van der Waals surface area (Å²) in [4.78, 5) is 11.2. The van der Waals surface area contributed by atoms with E-state index in [2.05, 4.69) is 27.1 Å². The molecule has 5 nitrogen and oxygen atoms in total. The van der Waals surface area contributed by atoms with E-state index < -0.39 is 0 Å². The molecule has 1 N–H and O–H groups in total. The van der Waals surface area contributed by atoms with Gasteiger partial charge in [0.1, 0.15) is 0 Å². The lowest BCUT2D eigenvalue weighted by Crippen LogP contribution is -2.33. The van der Waals surface area contributed by atoms with Crippen LogP contribution < -0.4 is 10.2 Å². The van der Waals surface area contributed by atoms with E-state index in [0.717, 1.165) is 50.2 Å². The summed E-state index contributed by atoms with van der Waals surface area (Å²) >= 11 is 0. The first-order chi connectivity index (χ1) is 9.85. The SMILES string of the molecule is CCN(CC1CCCO1)c1ncc(CNC2CC2)cn1. The third kappa shape index (κ3) is 3.67. The van der Waals surface area contributed by atoms with E-state index in [9.17, 15) is 0 Å². The van der Waals surface area contributed by atoms with Gasteiger partial charge in [0, 0.05) is 50.2 Å². The Morgan fingerprint density at radius 2 is 2.10 bits per heavy atom. The lowest BCUT2D eigenvalue weighted by atomic mass is 10.2. The molecule has 20 heavy (non-hydrogen) atoms. The van der Waals surface area contributed by atoms with Gasteiger partial charge in [0.2, 0.25) is 5.95 Å². The van der Waals surface area contributed by atoms with Crippen molar-refractivity contribution in [2.45, 2.75) is 51.3 Å². The van der Waals surface area contributed by atoms with Crippen LogP contribution in [0.15, 0.2) is 12.4 Å². The number of anilines is 1. The monoisotopic (exact) mass is 276 g/mol. The van der Waals surface area contributed by atoms with Gasteiger partial charge in [-0.3, -0.25) is 0 Å². The molecular formula is C15H24N4O. The molecule has 1 aromatic heterocycles. The minimum absolute atomic E-state index is 0.342. The van der Waals surface area contributed by atoms with Gasteiger partial charge in [-0.1, -0.05) is 0 Å². The average molecular weight is 276 g/mol. The lowest BCUT2D eigenvalue weighted by Gasteiger charge is -2.23. The molecule has 1 atom stereocenters. The van der Waals surface area contributed by atoms with Crippen LogP contribution in [0.3, 0.4) is 0 Å². The molecule has 1 saturated heterocycles. The molecule has 1 aliphatic heterocycles. The van der Waals surface area contributed by atoms with Crippen LogP contribution in [0, 0.1) is 0 Å². The van der Waals surface area contributed by atoms with E-state index in [1.807, 2.05) is 12.4 Å². The molecule has 0 amide bonds. The highest BCUT2D eigenvalue weighted by Crippen LogP contribution is 2.19. The highest BCUT2D eigenvalue weighted by molar-refractivity contribution is 5.30. The number of aromatic nitrogens is 2. The minimum atomic E-state index is 0.342. The molecule has 1 unspecified atom stereocenters. The second-order valence-electron chi connectivity index (χ2n) is 5.72. The van der Waals surface area contributed by atoms with E-state index in [4.69, 9.17) is 4.74 Å². The van der Waals surface area contributed by atoms with Gasteiger partial charge < -0.3 is 15.0 Å². The Bertz CT molecular complexity index is 412. The average Bonchev–Trinajstić information content (AvgIpc) is 3.18. The summed E-state index contributed by atoms with van der Waals surface area (Å²) in [5.74, 6) is 0.818. The Morgan fingerprint density at radius 1 is 1.30 bits per heavy atom. The van der Waals surface area contributed by atoms with Gasteiger partial charge in [0.05, 0.1) is 6.10 Å². The van der Waals surface area contributed by atoms with Gasteiger partial charge in [0.25, 0.3) is 0 Å². The fourth-order valence-electron chi connectivity index (χ4n) is 2.54. The number of ether oxygens (including phenoxy) is 1. The predicted molar refractivity (Wildman–Crippen MR) is 78.8 cm³/mol. The van der Waals surface area contributed by atoms with Crippen molar-refractivity contribution in [3.8, 4) is 0 Å². The molecule has 110 valence electrons. The number of nitrogens with one attached hydrogen (secondary N) is 1. The number of nitrogens with zero attached hydrogens (tertiary/aromatic N) is 3. The fraction of sp³-hybridized carbons (Fsp3) is 0.733. The maximum atomic E-state index is 5.70. The molecule has 2 heterocycles. The number of likely N-dealkylation sites (N-methyl/N-ethyl adjacent to an activating group) is 1. The predicted octanol–water partition coefficient (Wildman–Crippen LogP) is 1.73. The highest BCUT2D eigenvalue weighted by Gasteiger charge is 2.21. The first-order valence-electron chi connectivity index (χ1n) is 7.76. The fourth-order valence-corrected chi connectivity index (χ4v) is 2.54. The van der Waals surface area contributed by atoms with Crippen molar-refractivity contribution in [3.05, 3.63) is 18.0 Å². The highest BCUT2D eigenvalue weighted by atomic mass is 16.5. The van der Waals surface area contributed by atoms with Crippen molar-refractivity contribution in [1.29, 1.82) is 0 Å². The third-order valence-corrected chi connectivity index (χ3v) is 3.98. The van der Waals surface area contributed by atoms with E-state index >= 15 is 0 Å². The Kier molecular flexibility index (Phi) is 4.47. The summed E-state index contributed by atoms with van der Waals surface area (Å²) in [6, 6.07) is 0.723. The van der Waals surface area contributed by atoms with Crippen molar-refractivity contribution >= 4 is 5.95 Å². The zero-order valence-corrected chi connectivity index (χ0v) is 12.2. The zero-order valence-electron chi connectivity index (χ0n) is 12.2. The third-order valence-electron chi connectivity index (χ3n) is 3.98. The molecule has 2 aliphatic rings. The molecule has 0 radical (unpaired) electrons. The van der Waals surface area contributed by atoms with E-state index in [-0.39, 0.29) is 0 Å². The van der Waals surface area contributed by atoms with Crippen LogP contribution in [0.5, 0.6) is 0 Å². The number of rotatable bonds is 7. The number of hydrogen-bond acceptors (Lipinski definition) is 5. The van der Waals surface area contributed by atoms with Gasteiger partial charge in [-0.25, -0.2) is 9.97 Å². The molecule has 1 aromatic rings. The van der Waals surface area contributed by atoms with Gasteiger partial charge in [-0.2, -0.15) is 0 Å². The topological polar surface area (TPSA) is 50.3 Å². The summed E-state index contributed by atoms with van der Waals surface area (Å²) in [6.45, 7) is 5.73. The van der Waals surface area contributed by atoms with Crippen LogP contribution in [0.25, 0.3) is 0 Å². The minimum Gasteiger partial charge on any atom is -0.376 e. The van der Waals surface area contributed by atoms with Gasteiger partial charge >= 0.3 is 0 Å². The maximum absolute atomic E-state index is 5.70. The Balaban J connectivity index is 1.55. The normalized spacial score (nSPS) is 22.1. The zero-order chi connectivity index (χ0) is 13.8. The quantitative estimate of drug-likeness (QED) is 0.822. The molecule has 1 saturated carbocycles. The first-order valence-corrected chi connectivity index (χ1v) is 7.76. The van der Waals surface area contributed by atoms with Crippen molar-refractivity contribution in [1.82, 2.24) is 15.3 Å². The van der Waals surface area contributed by atoms with Crippen LogP contribution in [0.4, 0.5) is 5.95 Å². The Morgan fingerprint density at radius 3 is 2.70 bits per heavy atom. The molecule has 3 rings (SSSR count). The van der Waals surface area contributed by atoms with E-state index in [1.54, 1.807) is 0 Å². The molecule has 0 bridgehead atoms. The van der Waals surface area contributed by atoms with Crippen LogP contribution >= 0.6 is 0 Å². The molecule has 0 spiro atoms. The van der Waals surface area contributed by atoms with Crippen molar-refractivity contribution < 1.29 is 4.74 Å². The van der Waals surface area contributed by atoms with Crippen molar-refractivity contribution in [2.24, 2.45) is 0 Å². The molecule has 5 heteroatoms. The summed E-state index contributed by atoms with van der Waals surface area (Å²) in [7, 11) is 0. The van der Waals surface area contributed by atoms with Crippen LogP contribution in [0.2, 0.25) is 0 Å². The van der Waals surface area contributed by atoms with Gasteiger partial charge in [0.15, 0.2) is 0 Å². The largest absolute Gasteiger partial charge is 0.376 e. The molecular weight excluding hydrogens is 252 g/mol. The Hall–Kier alpha value is -1.20. The van der Waals surface area contributed by atoms with Gasteiger partial charge in [-0.05, 0) is 32.6 Å². The van der Waals surface area contributed by atoms with Crippen molar-refractivity contribution in [3.63, 3.8) is 0 Å². The second-order valence-corrected chi connectivity index (χ2v) is 5.72. The second kappa shape index (κ2) is 6.50.